The molecular weight excluding hydrogens is 413 g/mol. The maximum absolute atomic E-state index is 13.3. The number of hydrogen-bond acceptors (Lipinski definition) is 6. The van der Waals surface area contributed by atoms with Crippen LogP contribution < -0.4 is 25.2 Å². The number of benzene rings is 3. The molecule has 8 heteroatoms. The predicted octanol–water partition coefficient (Wildman–Crippen LogP) is 3.97. The molecule has 0 spiro atoms. The monoisotopic (exact) mass is 435 g/mol. The molecule has 32 heavy (non-hydrogen) atoms. The summed E-state index contributed by atoms with van der Waals surface area (Å²) in [7, 11) is 4.57. The van der Waals surface area contributed by atoms with Gasteiger partial charge in [-0.25, -0.2) is 14.1 Å². The molecule has 0 saturated heterocycles. The molecule has 1 N–H and O–H groups in total. The van der Waals surface area contributed by atoms with E-state index in [4.69, 9.17) is 19.2 Å². The van der Waals surface area contributed by atoms with Crippen LogP contribution in [0.4, 0.5) is 4.39 Å². The van der Waals surface area contributed by atoms with Gasteiger partial charge in [-0.1, -0.05) is 24.3 Å². The Kier molecular flexibility index (Phi) is 5.93. The molecule has 164 valence electrons. The van der Waals surface area contributed by atoms with Crippen LogP contribution in [0.15, 0.2) is 65.5 Å². The third kappa shape index (κ3) is 3.94. The molecule has 0 saturated carbocycles. The summed E-state index contributed by atoms with van der Waals surface area (Å²) in [6.45, 7) is 0.289. The summed E-state index contributed by atoms with van der Waals surface area (Å²) in [5.74, 6) is 1.36. The Morgan fingerprint density at radius 2 is 1.59 bits per heavy atom. The Hall–Kier alpha value is -4.07. The minimum absolute atomic E-state index is 0.263. The quantitative estimate of drug-likeness (QED) is 0.474. The summed E-state index contributed by atoms with van der Waals surface area (Å²) in [5.41, 5.74) is 4.81. The third-order valence-corrected chi connectivity index (χ3v) is 5.05. The Balaban J connectivity index is 1.89. The van der Waals surface area contributed by atoms with Crippen LogP contribution in [0.25, 0.3) is 22.3 Å². The number of para-hydroxylation sites is 1. The second-order valence-corrected chi connectivity index (χ2v) is 6.97. The van der Waals surface area contributed by atoms with Crippen LogP contribution in [-0.2, 0) is 6.54 Å². The zero-order valence-corrected chi connectivity index (χ0v) is 17.9. The fourth-order valence-corrected chi connectivity index (χ4v) is 3.46. The Labute approximate surface area is 184 Å². The van der Waals surface area contributed by atoms with Gasteiger partial charge in [0.25, 0.3) is 5.56 Å². The van der Waals surface area contributed by atoms with E-state index in [1.54, 1.807) is 42.5 Å². The van der Waals surface area contributed by atoms with Crippen LogP contribution in [-0.4, -0.2) is 31.0 Å². The van der Waals surface area contributed by atoms with Gasteiger partial charge in [0.05, 0.1) is 38.8 Å². The Bertz CT molecular complexity index is 1290. The minimum Gasteiger partial charge on any atom is -0.493 e. The summed E-state index contributed by atoms with van der Waals surface area (Å²) in [5, 5.41) is 0.468. The molecular formula is C24H22FN3O4. The number of rotatable bonds is 7. The average molecular weight is 435 g/mol. The van der Waals surface area contributed by atoms with Crippen molar-refractivity contribution in [3.8, 4) is 28.6 Å². The highest BCUT2D eigenvalue weighted by Gasteiger charge is 2.19. The summed E-state index contributed by atoms with van der Waals surface area (Å²) >= 11 is 0. The van der Waals surface area contributed by atoms with E-state index in [0.717, 1.165) is 5.56 Å². The first-order chi connectivity index (χ1) is 15.5. The Morgan fingerprint density at radius 1 is 0.938 bits per heavy atom. The van der Waals surface area contributed by atoms with Crippen LogP contribution in [0, 0.1) is 5.82 Å². The van der Waals surface area contributed by atoms with Crippen LogP contribution in [0.5, 0.6) is 17.2 Å². The second kappa shape index (κ2) is 8.97. The lowest BCUT2D eigenvalue weighted by atomic mass is 10.1. The maximum Gasteiger partial charge on any atom is 0.280 e. The molecule has 4 rings (SSSR count). The molecule has 0 amide bonds. The summed E-state index contributed by atoms with van der Waals surface area (Å²) < 4.78 is 31.0. The molecule has 1 heterocycles. The van der Waals surface area contributed by atoms with Crippen LogP contribution in [0.3, 0.4) is 0 Å². The zero-order valence-electron chi connectivity index (χ0n) is 17.9. The van der Waals surface area contributed by atoms with Gasteiger partial charge in [-0.05, 0) is 42.0 Å². The lowest BCUT2D eigenvalue weighted by molar-refractivity contribution is 0.324. The number of nitrogens with zero attached hydrogens (tertiary/aromatic N) is 2. The van der Waals surface area contributed by atoms with Gasteiger partial charge >= 0.3 is 0 Å². The zero-order chi connectivity index (χ0) is 22.7. The highest BCUT2D eigenvalue weighted by molar-refractivity contribution is 5.80. The molecule has 4 aromatic rings. The number of halogens is 1. The average Bonchev–Trinajstić information content (AvgIpc) is 2.83. The first-order valence-corrected chi connectivity index (χ1v) is 9.86. The van der Waals surface area contributed by atoms with E-state index >= 15 is 0 Å². The van der Waals surface area contributed by atoms with Crippen LogP contribution in [0.2, 0.25) is 0 Å². The van der Waals surface area contributed by atoms with Gasteiger partial charge in [-0.2, -0.15) is 0 Å². The van der Waals surface area contributed by atoms with Gasteiger partial charge in [0, 0.05) is 5.56 Å². The molecule has 0 atom stereocenters. The maximum atomic E-state index is 13.3. The van der Waals surface area contributed by atoms with E-state index in [9.17, 15) is 9.18 Å². The van der Waals surface area contributed by atoms with Gasteiger partial charge in [0.2, 0.25) is 5.75 Å². The molecule has 0 unspecified atom stereocenters. The van der Waals surface area contributed by atoms with E-state index in [1.807, 2.05) is 6.07 Å². The van der Waals surface area contributed by atoms with Crippen molar-refractivity contribution in [2.45, 2.75) is 6.54 Å². The fourth-order valence-electron chi connectivity index (χ4n) is 3.46. The summed E-state index contributed by atoms with van der Waals surface area (Å²) in [6.07, 6.45) is 0. The molecule has 7 nitrogen and oxygen atoms in total. The van der Waals surface area contributed by atoms with Crippen LogP contribution >= 0.6 is 0 Å². The van der Waals surface area contributed by atoms with E-state index in [0.29, 0.717) is 39.5 Å². The first-order valence-electron chi connectivity index (χ1n) is 9.86. The number of aromatic nitrogens is 2. The third-order valence-electron chi connectivity index (χ3n) is 5.05. The Morgan fingerprint density at radius 3 is 2.22 bits per heavy atom. The van der Waals surface area contributed by atoms with Gasteiger partial charge in [-0.3, -0.25) is 4.79 Å². The van der Waals surface area contributed by atoms with Gasteiger partial charge in [0.15, 0.2) is 17.3 Å². The standard InChI is InChI=1S/C24H22FN3O4/c1-30-20-12-16(13-21(31-2)22(20)32-3)23-27-19-7-5-4-6-18(19)24(29)28(23)26-14-15-8-10-17(25)11-9-15/h4-13,26H,14H2,1-3H3. The highest BCUT2D eigenvalue weighted by Crippen LogP contribution is 2.40. The van der Waals surface area contributed by atoms with Crippen molar-refractivity contribution in [1.29, 1.82) is 0 Å². The lowest BCUT2D eigenvalue weighted by Crippen LogP contribution is -2.31. The SMILES string of the molecule is COc1cc(-c2nc3ccccc3c(=O)n2NCc2ccc(F)cc2)cc(OC)c1OC. The predicted molar refractivity (Wildman–Crippen MR) is 121 cm³/mol. The van der Waals surface area contributed by atoms with Crippen LogP contribution in [0.1, 0.15) is 5.56 Å². The molecule has 1 aromatic heterocycles. The van der Waals surface area contributed by atoms with Crippen molar-refractivity contribution in [3.63, 3.8) is 0 Å². The molecule has 0 fully saturated rings. The van der Waals surface area contributed by atoms with E-state index in [2.05, 4.69) is 5.43 Å². The van der Waals surface area contributed by atoms with Crippen molar-refractivity contribution in [2.24, 2.45) is 0 Å². The van der Waals surface area contributed by atoms with Crippen molar-refractivity contribution >= 4 is 10.9 Å². The lowest BCUT2D eigenvalue weighted by Gasteiger charge is -2.18. The van der Waals surface area contributed by atoms with Gasteiger partial charge < -0.3 is 19.6 Å². The summed E-state index contributed by atoms with van der Waals surface area (Å²) in [6, 6.07) is 16.6. The number of methoxy groups -OCH3 is 3. The largest absolute Gasteiger partial charge is 0.493 e. The van der Waals surface area contributed by atoms with Gasteiger partial charge in [0.1, 0.15) is 5.82 Å². The van der Waals surface area contributed by atoms with Crippen molar-refractivity contribution in [3.05, 3.63) is 82.4 Å². The molecule has 0 bridgehead atoms. The minimum atomic E-state index is -0.323. The number of fused-ring (bicyclic) bond motifs is 1. The van der Waals surface area contributed by atoms with Crippen molar-refractivity contribution < 1.29 is 18.6 Å². The highest BCUT2D eigenvalue weighted by atomic mass is 19.1. The topological polar surface area (TPSA) is 74.6 Å². The molecule has 0 aliphatic rings. The molecule has 3 aromatic carbocycles. The molecule has 0 aliphatic carbocycles. The molecule has 0 radical (unpaired) electrons. The first kappa shape index (κ1) is 21.2. The van der Waals surface area contributed by atoms with Crippen molar-refractivity contribution in [2.75, 3.05) is 26.8 Å². The van der Waals surface area contributed by atoms with E-state index in [1.165, 1.54) is 38.1 Å². The number of nitrogens with one attached hydrogen (secondary N) is 1. The number of ether oxygens (including phenoxy) is 3. The normalized spacial score (nSPS) is 10.8. The van der Waals surface area contributed by atoms with E-state index < -0.39 is 0 Å². The van der Waals surface area contributed by atoms with Crippen molar-refractivity contribution in [1.82, 2.24) is 9.66 Å². The fraction of sp³-hybridized carbons (Fsp3) is 0.167. The molecule has 0 aliphatic heterocycles. The number of hydrogen-bond donors (Lipinski definition) is 1. The second-order valence-electron chi connectivity index (χ2n) is 6.97. The van der Waals surface area contributed by atoms with E-state index in [-0.39, 0.29) is 17.9 Å². The van der Waals surface area contributed by atoms with Gasteiger partial charge in [-0.15, -0.1) is 0 Å². The summed E-state index contributed by atoms with van der Waals surface area (Å²) in [4.78, 5) is 18.1. The smallest absolute Gasteiger partial charge is 0.280 e.